The molecule has 8 nitrogen and oxygen atoms in total. The summed E-state index contributed by atoms with van der Waals surface area (Å²) in [5, 5.41) is 9.95. The summed E-state index contributed by atoms with van der Waals surface area (Å²) < 4.78 is 26.4. The Bertz CT molecular complexity index is 1420. The number of nitrogens with zero attached hydrogens (tertiary/aromatic N) is 1. The number of aliphatic carboxylic acids is 1. The second kappa shape index (κ2) is 10.7. The molecular formula is C25H23N3O5S. The fourth-order valence-corrected chi connectivity index (χ4v) is 4.67. The Morgan fingerprint density at radius 2 is 1.62 bits per heavy atom. The summed E-state index contributed by atoms with van der Waals surface area (Å²) in [6.45, 7) is 1.27. The molecule has 1 amide bonds. The summed E-state index contributed by atoms with van der Waals surface area (Å²) >= 11 is 0. The van der Waals surface area contributed by atoms with Gasteiger partial charge in [-0.15, -0.1) is 0 Å². The minimum atomic E-state index is -3.89. The minimum absolute atomic E-state index is 0.0421. The van der Waals surface area contributed by atoms with E-state index in [9.17, 15) is 18.0 Å². The van der Waals surface area contributed by atoms with E-state index in [0.717, 1.165) is 11.1 Å². The number of hydrogen-bond acceptors (Lipinski definition) is 5. The van der Waals surface area contributed by atoms with Crippen LogP contribution >= 0.6 is 0 Å². The first-order valence-electron chi connectivity index (χ1n) is 10.2. The highest BCUT2D eigenvalue weighted by Crippen LogP contribution is 2.23. The van der Waals surface area contributed by atoms with Crippen molar-refractivity contribution in [3.63, 3.8) is 0 Å². The van der Waals surface area contributed by atoms with E-state index < -0.39 is 27.9 Å². The molecule has 4 rings (SSSR count). The first-order valence-corrected chi connectivity index (χ1v) is 11.7. The Morgan fingerprint density at radius 1 is 0.941 bits per heavy atom. The van der Waals surface area contributed by atoms with E-state index in [1.807, 2.05) is 48.5 Å². The number of amides is 1. The molecule has 0 spiro atoms. The lowest BCUT2D eigenvalue weighted by Crippen LogP contribution is -2.38. The summed E-state index contributed by atoms with van der Waals surface area (Å²) in [5.74, 6) is -1.63. The lowest BCUT2D eigenvalue weighted by molar-refractivity contribution is -0.138. The number of carbonyl (C=O) groups excluding carboxylic acids is 1. The number of benzene rings is 3. The number of fused-ring (bicyclic) bond motifs is 1. The smallest absolute Gasteiger partial charge is 0.321 e. The summed E-state index contributed by atoms with van der Waals surface area (Å²) in [7, 11) is -3.89. The molecule has 0 saturated carbocycles. The van der Waals surface area contributed by atoms with Crippen molar-refractivity contribution < 1.29 is 23.1 Å². The summed E-state index contributed by atoms with van der Waals surface area (Å²) in [6.07, 6.45) is 3.04. The van der Waals surface area contributed by atoms with Gasteiger partial charge in [0.2, 0.25) is 15.9 Å². The largest absolute Gasteiger partial charge is 0.480 e. The van der Waals surface area contributed by atoms with Crippen molar-refractivity contribution in [1.29, 1.82) is 0 Å². The number of nitrogens with one attached hydrogen (secondary N) is 1. The molecule has 9 heteroatoms. The van der Waals surface area contributed by atoms with Gasteiger partial charge in [-0.25, -0.2) is 8.42 Å². The third-order valence-corrected chi connectivity index (χ3v) is 6.51. The maximum Gasteiger partial charge on any atom is 0.321 e. The topological polar surface area (TPSA) is 139 Å². The van der Waals surface area contributed by atoms with E-state index in [1.165, 1.54) is 19.2 Å². The molecule has 0 fully saturated rings. The minimum Gasteiger partial charge on any atom is -0.480 e. The van der Waals surface area contributed by atoms with E-state index in [4.69, 9.17) is 10.8 Å². The van der Waals surface area contributed by atoms with Crippen LogP contribution in [-0.2, 0) is 14.8 Å². The van der Waals surface area contributed by atoms with E-state index in [1.54, 1.807) is 30.5 Å². The molecule has 0 bridgehead atoms. The number of pyridine rings is 1. The standard InChI is InChI=1S/C13H11NO.C12H12N2O4S/c14-13(15)12-9-5-4-8-11(12)10-6-2-1-3-7-10;1-8(12(15)16)14-19(17,18)11-4-2-3-9-7-13-6-5-10(9)11/h1-9H,(H2,14,15);2-8,14H,1H3,(H,15,16)/t;8-/m.0/s1. The summed E-state index contributed by atoms with van der Waals surface area (Å²) in [5.41, 5.74) is 7.76. The van der Waals surface area contributed by atoms with Crippen LogP contribution in [0.5, 0.6) is 0 Å². The molecule has 1 heterocycles. The van der Waals surface area contributed by atoms with Gasteiger partial charge in [0.05, 0.1) is 4.90 Å². The summed E-state index contributed by atoms with van der Waals surface area (Å²) in [6, 6.07) is 22.2. The van der Waals surface area contributed by atoms with E-state index in [0.29, 0.717) is 16.3 Å². The number of hydrogen-bond donors (Lipinski definition) is 3. The average molecular weight is 478 g/mol. The zero-order valence-corrected chi connectivity index (χ0v) is 19.1. The summed E-state index contributed by atoms with van der Waals surface area (Å²) in [4.78, 5) is 25.9. The third-order valence-electron chi connectivity index (χ3n) is 4.91. The van der Waals surface area contributed by atoms with Gasteiger partial charge in [0.1, 0.15) is 6.04 Å². The molecule has 4 N–H and O–H groups in total. The van der Waals surface area contributed by atoms with Crippen LogP contribution in [0.15, 0.2) is 96.2 Å². The molecule has 0 aliphatic rings. The average Bonchev–Trinajstić information content (AvgIpc) is 2.84. The lowest BCUT2D eigenvalue weighted by Gasteiger charge is -2.11. The van der Waals surface area contributed by atoms with Gasteiger partial charge in [-0.3, -0.25) is 14.6 Å². The van der Waals surface area contributed by atoms with Crippen molar-refractivity contribution in [3.05, 3.63) is 96.8 Å². The molecule has 34 heavy (non-hydrogen) atoms. The number of carbonyl (C=O) groups is 2. The van der Waals surface area contributed by atoms with Crippen LogP contribution in [0.2, 0.25) is 0 Å². The molecule has 0 aliphatic heterocycles. The van der Waals surface area contributed by atoms with Gasteiger partial charge in [-0.2, -0.15) is 4.72 Å². The molecular weight excluding hydrogens is 454 g/mol. The predicted molar refractivity (Wildman–Crippen MR) is 130 cm³/mol. The van der Waals surface area contributed by atoms with Crippen LogP contribution in [0.4, 0.5) is 0 Å². The van der Waals surface area contributed by atoms with Crippen LogP contribution in [0.3, 0.4) is 0 Å². The number of rotatable bonds is 6. The normalized spacial score (nSPS) is 11.8. The van der Waals surface area contributed by atoms with Crippen molar-refractivity contribution in [1.82, 2.24) is 9.71 Å². The number of carboxylic acid groups (broad SMARTS) is 1. The molecule has 4 aromatic rings. The molecule has 0 aliphatic carbocycles. The van der Waals surface area contributed by atoms with Crippen molar-refractivity contribution in [2.75, 3.05) is 0 Å². The van der Waals surface area contributed by atoms with Gasteiger partial charge in [0, 0.05) is 28.7 Å². The quantitative estimate of drug-likeness (QED) is 0.389. The Labute approximate surface area is 197 Å². The molecule has 174 valence electrons. The third kappa shape index (κ3) is 5.83. The maximum absolute atomic E-state index is 12.2. The monoisotopic (exact) mass is 477 g/mol. The molecule has 0 unspecified atom stereocenters. The predicted octanol–water partition coefficient (Wildman–Crippen LogP) is 3.44. The number of primary amides is 1. The van der Waals surface area contributed by atoms with Crippen LogP contribution < -0.4 is 10.5 Å². The van der Waals surface area contributed by atoms with Crippen molar-refractivity contribution in [2.24, 2.45) is 5.73 Å². The van der Waals surface area contributed by atoms with Crippen LogP contribution in [0.1, 0.15) is 17.3 Å². The van der Waals surface area contributed by atoms with Gasteiger partial charge in [0.25, 0.3) is 0 Å². The van der Waals surface area contributed by atoms with Crippen LogP contribution in [0, 0.1) is 0 Å². The highest BCUT2D eigenvalue weighted by atomic mass is 32.2. The molecule has 1 atom stereocenters. The first-order chi connectivity index (χ1) is 16.2. The Hall–Kier alpha value is -4.08. The lowest BCUT2D eigenvalue weighted by atomic mass is 9.99. The SMILES string of the molecule is C[C@H](NS(=O)(=O)c1cccc2cnccc12)C(=O)O.NC(=O)c1ccccc1-c1ccccc1. The molecule has 0 saturated heterocycles. The number of aromatic nitrogens is 1. The Morgan fingerprint density at radius 3 is 2.29 bits per heavy atom. The highest BCUT2D eigenvalue weighted by molar-refractivity contribution is 7.89. The number of nitrogens with two attached hydrogens (primary N) is 1. The molecule has 0 radical (unpaired) electrons. The fraction of sp³-hybridized carbons (Fsp3) is 0.0800. The van der Waals surface area contributed by atoms with Gasteiger partial charge in [-0.05, 0) is 36.2 Å². The zero-order valence-electron chi connectivity index (χ0n) is 18.3. The zero-order chi connectivity index (χ0) is 24.7. The maximum atomic E-state index is 12.2. The number of sulfonamides is 1. The second-order valence-electron chi connectivity index (χ2n) is 7.31. The Balaban J connectivity index is 0.000000196. The highest BCUT2D eigenvalue weighted by Gasteiger charge is 2.23. The van der Waals surface area contributed by atoms with Gasteiger partial charge in [-0.1, -0.05) is 60.7 Å². The van der Waals surface area contributed by atoms with Gasteiger partial charge in [0.15, 0.2) is 0 Å². The van der Waals surface area contributed by atoms with Gasteiger partial charge < -0.3 is 10.8 Å². The van der Waals surface area contributed by atoms with E-state index >= 15 is 0 Å². The number of carboxylic acids is 1. The van der Waals surface area contributed by atoms with E-state index in [2.05, 4.69) is 9.71 Å². The Kier molecular flexibility index (Phi) is 7.72. The van der Waals surface area contributed by atoms with Crippen molar-refractivity contribution in [3.8, 4) is 11.1 Å². The second-order valence-corrected chi connectivity index (χ2v) is 8.99. The van der Waals surface area contributed by atoms with E-state index in [-0.39, 0.29) is 4.90 Å². The van der Waals surface area contributed by atoms with Crippen molar-refractivity contribution in [2.45, 2.75) is 17.9 Å². The molecule has 3 aromatic carbocycles. The molecule has 1 aromatic heterocycles. The fourth-order valence-electron chi connectivity index (χ4n) is 3.24. The van der Waals surface area contributed by atoms with Crippen LogP contribution in [-0.4, -0.2) is 36.4 Å². The van der Waals surface area contributed by atoms with Crippen molar-refractivity contribution >= 4 is 32.7 Å². The van der Waals surface area contributed by atoms with Gasteiger partial charge >= 0.3 is 5.97 Å². The van der Waals surface area contributed by atoms with Crippen LogP contribution in [0.25, 0.3) is 21.9 Å². The first kappa shape index (κ1) is 24.6.